The minimum absolute atomic E-state index is 0.851. The molecular formula is C59H41NO2. The van der Waals surface area contributed by atoms with Gasteiger partial charge in [-0.1, -0.05) is 189 Å². The van der Waals surface area contributed by atoms with Gasteiger partial charge < -0.3 is 13.7 Å². The number of para-hydroxylation sites is 5. The summed E-state index contributed by atoms with van der Waals surface area (Å²) in [6.07, 6.45) is 7.89. The first-order valence-corrected chi connectivity index (χ1v) is 21.0. The van der Waals surface area contributed by atoms with E-state index in [0.717, 1.165) is 99.9 Å². The number of furan rings is 2. The van der Waals surface area contributed by atoms with E-state index < -0.39 is 0 Å². The van der Waals surface area contributed by atoms with E-state index in [0.29, 0.717) is 0 Å². The van der Waals surface area contributed by atoms with Crippen molar-refractivity contribution in [1.82, 2.24) is 0 Å². The maximum atomic E-state index is 6.77. The number of nitrogens with zero attached hydrogens (tertiary/aromatic N) is 1. The molecule has 0 fully saturated rings. The summed E-state index contributed by atoms with van der Waals surface area (Å²) in [6.45, 7) is 5.98. The third-order valence-electron chi connectivity index (χ3n) is 12.0. The zero-order valence-corrected chi connectivity index (χ0v) is 34.3. The third kappa shape index (κ3) is 6.31. The molecule has 0 aliphatic carbocycles. The highest BCUT2D eigenvalue weighted by molar-refractivity contribution is 6.14. The highest BCUT2D eigenvalue weighted by Gasteiger charge is 2.26. The molecule has 0 saturated heterocycles. The Hall–Kier alpha value is -8.14. The fourth-order valence-corrected chi connectivity index (χ4v) is 9.06. The summed E-state index contributed by atoms with van der Waals surface area (Å²) in [7, 11) is 0. The van der Waals surface area contributed by atoms with Gasteiger partial charge in [-0.15, -0.1) is 0 Å². The number of rotatable bonds is 9. The molecular weight excluding hydrogens is 755 g/mol. The smallest absolute Gasteiger partial charge is 0.143 e. The van der Waals surface area contributed by atoms with Gasteiger partial charge in [0.25, 0.3) is 0 Å². The Morgan fingerprint density at radius 3 is 1.52 bits per heavy atom. The van der Waals surface area contributed by atoms with E-state index in [2.05, 4.69) is 194 Å². The fourth-order valence-electron chi connectivity index (χ4n) is 9.06. The van der Waals surface area contributed by atoms with Crippen molar-refractivity contribution in [2.24, 2.45) is 0 Å². The van der Waals surface area contributed by atoms with Gasteiger partial charge in [-0.05, 0) is 76.4 Å². The minimum atomic E-state index is 0.851. The SMILES string of the molecule is C=C/C=C\C=C(/C)c1ccc(N(c2ccc(-c3cccc4ccccc34)cc2)c2c(-c3cccc4c3oc3ccccc34)cccc2-c2cccc3c2oc2ccccc23)cc1. The van der Waals surface area contributed by atoms with Gasteiger partial charge in [0.2, 0.25) is 0 Å². The number of benzene rings is 9. The summed E-state index contributed by atoms with van der Waals surface area (Å²) in [5.41, 5.74) is 15.2. The standard InChI is InChI=1S/C59H41NO2/c1-3-4-5-16-39(2)40-31-35-43(36-32-40)60(44-37-33-42(34-38-44)46-22-12-18-41-17-6-7-19-45(41)46)57-49(53-27-14-25-51-47-20-8-10-29-55(47)61-58(51)53)23-13-24-50(57)54-28-15-26-52-48-21-9-11-30-56(48)62-59(52)54/h3-38H,1H2,2H3/b5-4-,39-16+. The molecule has 0 aliphatic heterocycles. The molecule has 9 aromatic carbocycles. The largest absolute Gasteiger partial charge is 0.455 e. The fraction of sp³-hybridized carbons (Fsp3) is 0.0169. The summed E-state index contributed by atoms with van der Waals surface area (Å²) >= 11 is 0. The monoisotopic (exact) mass is 795 g/mol. The van der Waals surface area contributed by atoms with E-state index in [1.165, 1.54) is 16.3 Å². The topological polar surface area (TPSA) is 29.5 Å². The van der Waals surface area contributed by atoms with Crippen molar-refractivity contribution in [2.75, 3.05) is 4.90 Å². The minimum Gasteiger partial charge on any atom is -0.455 e. The lowest BCUT2D eigenvalue weighted by Crippen LogP contribution is -2.13. The first-order chi connectivity index (χ1) is 30.6. The Balaban J connectivity index is 1.19. The van der Waals surface area contributed by atoms with E-state index in [-0.39, 0.29) is 0 Å². The van der Waals surface area contributed by atoms with Crippen molar-refractivity contribution in [3.63, 3.8) is 0 Å². The predicted octanol–water partition coefficient (Wildman–Crippen LogP) is 17.3. The first-order valence-electron chi connectivity index (χ1n) is 21.0. The van der Waals surface area contributed by atoms with Gasteiger partial charge in [0.05, 0.1) is 5.69 Å². The van der Waals surface area contributed by atoms with Gasteiger partial charge >= 0.3 is 0 Å². The van der Waals surface area contributed by atoms with Crippen LogP contribution in [0, 0.1) is 0 Å². The van der Waals surface area contributed by atoms with Gasteiger partial charge in [-0.2, -0.15) is 0 Å². The van der Waals surface area contributed by atoms with E-state index in [4.69, 9.17) is 8.83 Å². The molecule has 3 heteroatoms. The predicted molar refractivity (Wildman–Crippen MR) is 262 cm³/mol. The Morgan fingerprint density at radius 1 is 0.435 bits per heavy atom. The number of fused-ring (bicyclic) bond motifs is 7. The lowest BCUT2D eigenvalue weighted by atomic mass is 9.92. The zero-order chi connectivity index (χ0) is 41.6. The van der Waals surface area contributed by atoms with Crippen molar-refractivity contribution < 1.29 is 8.83 Å². The maximum absolute atomic E-state index is 6.77. The van der Waals surface area contributed by atoms with Crippen LogP contribution in [0.25, 0.3) is 93.6 Å². The summed E-state index contributed by atoms with van der Waals surface area (Å²) in [5.74, 6) is 0. The van der Waals surface area contributed by atoms with Gasteiger partial charge in [0, 0.05) is 55.2 Å². The second-order valence-corrected chi connectivity index (χ2v) is 15.7. The number of hydrogen-bond acceptors (Lipinski definition) is 3. The quantitative estimate of drug-likeness (QED) is 0.136. The summed E-state index contributed by atoms with van der Waals surface area (Å²) in [4.78, 5) is 2.40. The van der Waals surface area contributed by atoms with E-state index in [1.807, 2.05) is 36.4 Å². The number of hydrogen-bond donors (Lipinski definition) is 0. The molecule has 11 aromatic rings. The Morgan fingerprint density at radius 2 is 0.903 bits per heavy atom. The molecule has 3 nitrogen and oxygen atoms in total. The van der Waals surface area contributed by atoms with Crippen LogP contribution in [0.1, 0.15) is 12.5 Å². The zero-order valence-electron chi connectivity index (χ0n) is 34.3. The molecule has 0 aliphatic rings. The van der Waals surface area contributed by atoms with E-state index >= 15 is 0 Å². The van der Waals surface area contributed by atoms with Gasteiger partial charge in [0.1, 0.15) is 22.3 Å². The first kappa shape index (κ1) is 36.9. The van der Waals surface area contributed by atoms with Crippen molar-refractivity contribution >= 4 is 77.3 Å². The summed E-state index contributed by atoms with van der Waals surface area (Å²) in [6, 6.07) is 69.2. The van der Waals surface area contributed by atoms with Crippen molar-refractivity contribution in [1.29, 1.82) is 0 Å². The van der Waals surface area contributed by atoms with Crippen molar-refractivity contribution in [2.45, 2.75) is 6.92 Å². The van der Waals surface area contributed by atoms with Crippen LogP contribution in [-0.4, -0.2) is 0 Å². The van der Waals surface area contributed by atoms with Crippen LogP contribution in [-0.2, 0) is 0 Å². The van der Waals surface area contributed by atoms with Crippen LogP contribution in [0.5, 0.6) is 0 Å². The van der Waals surface area contributed by atoms with Gasteiger partial charge in [-0.25, -0.2) is 0 Å². The summed E-state index contributed by atoms with van der Waals surface area (Å²) < 4.78 is 13.5. The second-order valence-electron chi connectivity index (χ2n) is 15.7. The highest BCUT2D eigenvalue weighted by atomic mass is 16.3. The second kappa shape index (κ2) is 15.5. The van der Waals surface area contributed by atoms with Crippen LogP contribution in [0.3, 0.4) is 0 Å². The maximum Gasteiger partial charge on any atom is 0.143 e. The molecule has 0 amide bonds. The van der Waals surface area contributed by atoms with Crippen LogP contribution >= 0.6 is 0 Å². The van der Waals surface area contributed by atoms with Crippen molar-refractivity contribution in [3.8, 4) is 33.4 Å². The van der Waals surface area contributed by atoms with Crippen LogP contribution in [0.2, 0.25) is 0 Å². The van der Waals surface area contributed by atoms with Crippen LogP contribution < -0.4 is 4.90 Å². The molecule has 2 heterocycles. The molecule has 0 bridgehead atoms. The Bertz CT molecular complexity index is 3410. The molecule has 11 rings (SSSR count). The number of allylic oxidation sites excluding steroid dienone is 5. The molecule has 62 heavy (non-hydrogen) atoms. The van der Waals surface area contributed by atoms with Gasteiger partial charge in [0.15, 0.2) is 0 Å². The Kier molecular flexibility index (Phi) is 9.21. The lowest BCUT2D eigenvalue weighted by Gasteiger charge is -2.30. The molecule has 294 valence electrons. The molecule has 0 N–H and O–H groups in total. The number of anilines is 3. The van der Waals surface area contributed by atoms with E-state index in [9.17, 15) is 0 Å². The molecule has 0 atom stereocenters. The van der Waals surface area contributed by atoms with Gasteiger partial charge in [-0.3, -0.25) is 0 Å². The average Bonchev–Trinajstić information content (AvgIpc) is 3.91. The average molecular weight is 796 g/mol. The summed E-state index contributed by atoms with van der Waals surface area (Å²) in [5, 5.41) is 6.80. The third-order valence-corrected chi connectivity index (χ3v) is 12.0. The molecule has 0 spiro atoms. The lowest BCUT2D eigenvalue weighted by molar-refractivity contribution is 0.670. The Labute approximate surface area is 360 Å². The van der Waals surface area contributed by atoms with Crippen LogP contribution in [0.4, 0.5) is 17.1 Å². The molecule has 0 saturated carbocycles. The molecule has 0 unspecified atom stereocenters. The van der Waals surface area contributed by atoms with Crippen molar-refractivity contribution in [3.05, 3.63) is 231 Å². The highest BCUT2D eigenvalue weighted by Crippen LogP contribution is 2.50. The molecule has 2 aromatic heterocycles. The molecule has 0 radical (unpaired) electrons. The van der Waals surface area contributed by atoms with Crippen LogP contribution in [0.15, 0.2) is 234 Å². The normalized spacial score (nSPS) is 12.0. The van der Waals surface area contributed by atoms with E-state index in [1.54, 1.807) is 6.08 Å².